The van der Waals surface area contributed by atoms with Gasteiger partial charge in [-0.3, -0.25) is 0 Å². The topological polar surface area (TPSA) is 57.2 Å². The molecule has 0 heterocycles. The average molecular weight is 394 g/mol. The molecule has 1 aromatic carbocycles. The third kappa shape index (κ3) is 6.30. The summed E-state index contributed by atoms with van der Waals surface area (Å²) in [5.41, 5.74) is 1.58. The number of benzene rings is 1. The molecule has 0 saturated heterocycles. The lowest BCUT2D eigenvalue weighted by Crippen LogP contribution is -2.38. The van der Waals surface area contributed by atoms with Gasteiger partial charge in [0, 0.05) is 32.7 Å². The molecule has 6 nitrogen and oxygen atoms in total. The Kier molecular flexibility index (Phi) is 7.58. The van der Waals surface area contributed by atoms with Crippen LogP contribution in [-0.2, 0) is 16.0 Å². The number of hydrogen-bond donors (Lipinski definition) is 0. The third-order valence-corrected chi connectivity index (χ3v) is 4.81. The van der Waals surface area contributed by atoms with Crippen LogP contribution in [0.1, 0.15) is 51.7 Å². The van der Waals surface area contributed by atoms with Crippen LogP contribution in [0.2, 0.25) is 0 Å². The molecule has 1 aromatic rings. The van der Waals surface area contributed by atoms with Gasteiger partial charge in [-0.15, -0.1) is 0 Å². The first-order valence-electron chi connectivity index (χ1n) is 9.95. The van der Waals surface area contributed by atoms with Crippen LogP contribution in [0.3, 0.4) is 0 Å². The van der Waals surface area contributed by atoms with Crippen molar-refractivity contribution >= 4 is 6.09 Å². The summed E-state index contributed by atoms with van der Waals surface area (Å²) in [5, 5.41) is 0. The number of amides is 1. The van der Waals surface area contributed by atoms with Crippen LogP contribution in [0.5, 0.6) is 11.5 Å². The standard InChI is InChI=1S/C22H35NO5/c1-15-12-19(26-7)20(27-10-8-9-25-6)13-17(15)14-23(18-11-16(18)2)21(24)28-22(3,4)5/h12-13,16,18H,8-11,14H2,1-7H3. The fourth-order valence-corrected chi connectivity index (χ4v) is 3.09. The second-order valence-electron chi connectivity index (χ2n) is 8.51. The molecule has 1 saturated carbocycles. The number of nitrogens with zero attached hydrogens (tertiary/aromatic N) is 1. The lowest BCUT2D eigenvalue weighted by atomic mass is 10.1. The van der Waals surface area contributed by atoms with Gasteiger partial charge in [0.2, 0.25) is 0 Å². The first kappa shape index (κ1) is 22.3. The third-order valence-electron chi connectivity index (χ3n) is 4.81. The van der Waals surface area contributed by atoms with E-state index in [1.54, 1.807) is 14.2 Å². The van der Waals surface area contributed by atoms with Gasteiger partial charge in [-0.05, 0) is 63.3 Å². The highest BCUT2D eigenvalue weighted by atomic mass is 16.6. The summed E-state index contributed by atoms with van der Waals surface area (Å²) < 4.78 is 22.1. The molecule has 0 aromatic heterocycles. The smallest absolute Gasteiger partial charge is 0.410 e. The van der Waals surface area contributed by atoms with Crippen molar-refractivity contribution in [3.8, 4) is 11.5 Å². The van der Waals surface area contributed by atoms with Crippen LogP contribution < -0.4 is 9.47 Å². The van der Waals surface area contributed by atoms with Crippen LogP contribution in [0.4, 0.5) is 4.79 Å². The first-order valence-corrected chi connectivity index (χ1v) is 9.95. The number of hydrogen-bond acceptors (Lipinski definition) is 5. The van der Waals surface area contributed by atoms with E-state index in [1.807, 2.05) is 44.7 Å². The quantitative estimate of drug-likeness (QED) is 0.576. The molecule has 0 N–H and O–H groups in total. The minimum atomic E-state index is -0.516. The van der Waals surface area contributed by atoms with E-state index < -0.39 is 5.60 Å². The maximum Gasteiger partial charge on any atom is 0.410 e. The molecule has 6 heteroatoms. The maximum atomic E-state index is 12.8. The fourth-order valence-electron chi connectivity index (χ4n) is 3.09. The molecule has 158 valence electrons. The molecule has 0 radical (unpaired) electrons. The SMILES string of the molecule is COCCCOc1cc(CN(C(=O)OC(C)(C)C)C2CC2C)c(C)cc1OC. The Balaban J connectivity index is 2.19. The zero-order valence-electron chi connectivity index (χ0n) is 18.3. The van der Waals surface area contributed by atoms with Crippen molar-refractivity contribution in [2.24, 2.45) is 5.92 Å². The van der Waals surface area contributed by atoms with Gasteiger partial charge in [0.25, 0.3) is 0 Å². The largest absolute Gasteiger partial charge is 0.493 e. The van der Waals surface area contributed by atoms with Gasteiger partial charge in [-0.2, -0.15) is 0 Å². The van der Waals surface area contributed by atoms with E-state index in [2.05, 4.69) is 6.92 Å². The summed E-state index contributed by atoms with van der Waals surface area (Å²) >= 11 is 0. The van der Waals surface area contributed by atoms with Gasteiger partial charge >= 0.3 is 6.09 Å². The lowest BCUT2D eigenvalue weighted by Gasteiger charge is -2.28. The van der Waals surface area contributed by atoms with E-state index in [4.69, 9.17) is 18.9 Å². The van der Waals surface area contributed by atoms with Crippen molar-refractivity contribution in [1.82, 2.24) is 4.90 Å². The number of methoxy groups -OCH3 is 2. The first-order chi connectivity index (χ1) is 13.2. The molecule has 1 aliphatic carbocycles. The molecule has 0 aliphatic heterocycles. The second-order valence-corrected chi connectivity index (χ2v) is 8.51. The van der Waals surface area contributed by atoms with Gasteiger partial charge in [0.15, 0.2) is 11.5 Å². The summed E-state index contributed by atoms with van der Waals surface area (Å²) in [4.78, 5) is 14.6. The molecular weight excluding hydrogens is 358 g/mol. The lowest BCUT2D eigenvalue weighted by molar-refractivity contribution is 0.0207. The summed E-state index contributed by atoms with van der Waals surface area (Å²) in [6.45, 7) is 11.5. The van der Waals surface area contributed by atoms with Crippen molar-refractivity contribution in [1.29, 1.82) is 0 Å². The molecule has 28 heavy (non-hydrogen) atoms. The van der Waals surface area contributed by atoms with Crippen LogP contribution in [0.25, 0.3) is 0 Å². The Morgan fingerprint density at radius 1 is 1.18 bits per heavy atom. The van der Waals surface area contributed by atoms with Crippen molar-refractivity contribution in [3.63, 3.8) is 0 Å². The Morgan fingerprint density at radius 2 is 1.86 bits per heavy atom. The van der Waals surface area contributed by atoms with Gasteiger partial charge in [0.1, 0.15) is 5.60 Å². The number of aryl methyl sites for hydroxylation is 1. The Morgan fingerprint density at radius 3 is 2.39 bits per heavy atom. The van der Waals surface area contributed by atoms with E-state index >= 15 is 0 Å². The van der Waals surface area contributed by atoms with Gasteiger partial charge < -0.3 is 23.8 Å². The summed E-state index contributed by atoms with van der Waals surface area (Å²) in [6, 6.07) is 4.16. The summed E-state index contributed by atoms with van der Waals surface area (Å²) in [5.74, 6) is 1.88. The van der Waals surface area contributed by atoms with Crippen molar-refractivity contribution < 1.29 is 23.7 Å². The normalized spacial score (nSPS) is 18.5. The average Bonchev–Trinajstić information content (AvgIpc) is 3.32. The predicted octanol–water partition coefficient (Wildman–Crippen LogP) is 4.56. The Hall–Kier alpha value is -1.95. The minimum Gasteiger partial charge on any atom is -0.493 e. The predicted molar refractivity (Wildman–Crippen MR) is 109 cm³/mol. The Labute approximate surface area is 169 Å². The Bertz CT molecular complexity index is 668. The number of ether oxygens (including phenoxy) is 4. The molecule has 2 rings (SSSR count). The van der Waals surface area contributed by atoms with Crippen molar-refractivity contribution in [2.45, 2.75) is 65.6 Å². The summed E-state index contributed by atoms with van der Waals surface area (Å²) in [7, 11) is 3.31. The van der Waals surface area contributed by atoms with Crippen LogP contribution >= 0.6 is 0 Å². The van der Waals surface area contributed by atoms with Crippen LogP contribution in [0.15, 0.2) is 12.1 Å². The highest BCUT2D eigenvalue weighted by molar-refractivity contribution is 5.69. The fraction of sp³-hybridized carbons (Fsp3) is 0.682. The van der Waals surface area contributed by atoms with Crippen LogP contribution in [-0.4, -0.2) is 50.1 Å². The highest BCUT2D eigenvalue weighted by Gasteiger charge is 2.42. The van der Waals surface area contributed by atoms with E-state index in [9.17, 15) is 4.79 Å². The van der Waals surface area contributed by atoms with E-state index in [0.717, 1.165) is 24.0 Å². The maximum absolute atomic E-state index is 12.8. The van der Waals surface area contributed by atoms with Gasteiger partial charge in [-0.25, -0.2) is 4.79 Å². The summed E-state index contributed by atoms with van der Waals surface area (Å²) in [6.07, 6.45) is 1.54. The zero-order chi connectivity index (χ0) is 20.9. The molecule has 1 fully saturated rings. The van der Waals surface area contributed by atoms with E-state index in [0.29, 0.717) is 37.2 Å². The van der Waals surface area contributed by atoms with Crippen LogP contribution in [0, 0.1) is 12.8 Å². The molecular formula is C22H35NO5. The second kappa shape index (κ2) is 9.50. The van der Waals surface area contributed by atoms with Gasteiger partial charge in [0.05, 0.1) is 13.7 Å². The monoisotopic (exact) mass is 393 g/mol. The molecule has 0 spiro atoms. The number of rotatable bonds is 9. The molecule has 1 aliphatic rings. The molecule has 2 unspecified atom stereocenters. The number of carbonyl (C=O) groups is 1. The molecule has 0 bridgehead atoms. The zero-order valence-corrected chi connectivity index (χ0v) is 18.3. The van der Waals surface area contributed by atoms with Gasteiger partial charge in [-0.1, -0.05) is 6.92 Å². The number of carbonyl (C=O) groups excluding carboxylic acids is 1. The molecule has 1 amide bonds. The highest BCUT2D eigenvalue weighted by Crippen LogP contribution is 2.38. The van der Waals surface area contributed by atoms with E-state index in [1.165, 1.54) is 0 Å². The van der Waals surface area contributed by atoms with Crippen molar-refractivity contribution in [3.05, 3.63) is 23.3 Å². The van der Waals surface area contributed by atoms with E-state index in [-0.39, 0.29) is 12.1 Å². The minimum absolute atomic E-state index is 0.224. The van der Waals surface area contributed by atoms with Crippen molar-refractivity contribution in [2.75, 3.05) is 27.4 Å². The molecule has 2 atom stereocenters.